The van der Waals surface area contributed by atoms with Crippen LogP contribution in [0.3, 0.4) is 0 Å². The van der Waals surface area contributed by atoms with Crippen LogP contribution < -0.4 is 0 Å². The monoisotopic (exact) mass is 430 g/mol. The van der Waals surface area contributed by atoms with Crippen molar-refractivity contribution in [3.63, 3.8) is 0 Å². The number of halogens is 1. The second-order valence-electron chi connectivity index (χ2n) is 8.20. The van der Waals surface area contributed by atoms with Gasteiger partial charge in [0.1, 0.15) is 23.4 Å². The summed E-state index contributed by atoms with van der Waals surface area (Å²) in [5, 5.41) is 4.00. The highest BCUT2D eigenvalue weighted by Gasteiger charge is 2.46. The average molecular weight is 430 g/mol. The molecule has 2 saturated heterocycles. The van der Waals surface area contributed by atoms with Crippen molar-refractivity contribution in [3.05, 3.63) is 41.9 Å². The van der Waals surface area contributed by atoms with Crippen molar-refractivity contribution >= 4 is 11.9 Å². The molecule has 4 rings (SSSR count). The van der Waals surface area contributed by atoms with Gasteiger partial charge in [-0.2, -0.15) is 0 Å². The fourth-order valence-corrected chi connectivity index (χ4v) is 4.49. The first-order chi connectivity index (χ1) is 15.0. The van der Waals surface area contributed by atoms with Gasteiger partial charge in [-0.25, -0.2) is 4.39 Å². The van der Waals surface area contributed by atoms with Gasteiger partial charge in [0.25, 0.3) is 5.91 Å². The van der Waals surface area contributed by atoms with E-state index < -0.39 is 17.3 Å². The molecule has 8 heteroatoms. The highest BCUT2D eigenvalue weighted by molar-refractivity contribution is 5.83. The summed E-state index contributed by atoms with van der Waals surface area (Å²) in [6, 6.07) is 7.97. The Hall–Kier alpha value is -2.74. The van der Waals surface area contributed by atoms with E-state index in [-0.39, 0.29) is 31.4 Å². The van der Waals surface area contributed by atoms with Crippen molar-refractivity contribution < 1.29 is 28.0 Å². The van der Waals surface area contributed by atoms with E-state index in [1.54, 1.807) is 36.1 Å². The fraction of sp³-hybridized carbons (Fsp3) is 0.522. The Labute approximate surface area is 180 Å². The van der Waals surface area contributed by atoms with Crippen LogP contribution in [0, 0.1) is 11.2 Å². The summed E-state index contributed by atoms with van der Waals surface area (Å²) in [6.07, 6.45) is 2.60. The van der Waals surface area contributed by atoms with E-state index in [1.165, 1.54) is 6.07 Å². The number of hydrogen-bond acceptors (Lipinski definition) is 6. The molecule has 0 unspecified atom stereocenters. The van der Waals surface area contributed by atoms with E-state index in [1.807, 2.05) is 0 Å². The van der Waals surface area contributed by atoms with E-state index in [0.717, 1.165) is 6.42 Å². The molecule has 1 aromatic heterocycles. The molecule has 166 valence electrons. The fourth-order valence-electron chi connectivity index (χ4n) is 4.49. The normalized spacial score (nSPS) is 23.7. The third-order valence-corrected chi connectivity index (χ3v) is 6.02. The lowest BCUT2D eigenvalue weighted by Gasteiger charge is -2.41. The number of rotatable bonds is 6. The van der Waals surface area contributed by atoms with Crippen molar-refractivity contribution in [2.24, 2.45) is 5.41 Å². The van der Waals surface area contributed by atoms with Crippen molar-refractivity contribution in [1.29, 1.82) is 0 Å². The maximum atomic E-state index is 14.1. The summed E-state index contributed by atoms with van der Waals surface area (Å²) >= 11 is 0. The molecular formula is C23H27FN2O5. The van der Waals surface area contributed by atoms with Crippen molar-refractivity contribution in [2.45, 2.75) is 45.1 Å². The third-order valence-electron chi connectivity index (χ3n) is 6.02. The Morgan fingerprint density at radius 2 is 2.16 bits per heavy atom. The zero-order valence-electron chi connectivity index (χ0n) is 17.6. The molecule has 0 spiro atoms. The van der Waals surface area contributed by atoms with Crippen LogP contribution >= 0.6 is 0 Å². The number of esters is 1. The molecule has 2 aliphatic rings. The number of aromatic nitrogens is 1. The number of benzene rings is 1. The van der Waals surface area contributed by atoms with Crippen LogP contribution in [0.1, 0.15) is 38.4 Å². The molecular weight excluding hydrogens is 403 g/mol. The maximum absolute atomic E-state index is 14.1. The molecule has 0 saturated carbocycles. The molecule has 0 aliphatic carbocycles. The van der Waals surface area contributed by atoms with Crippen molar-refractivity contribution in [1.82, 2.24) is 10.1 Å². The number of likely N-dealkylation sites (tertiary alicyclic amines) is 1. The molecule has 2 aliphatic heterocycles. The van der Waals surface area contributed by atoms with Gasteiger partial charge in [-0.15, -0.1) is 0 Å². The smallest absolute Gasteiger partial charge is 0.314 e. The van der Waals surface area contributed by atoms with E-state index in [2.05, 4.69) is 5.16 Å². The van der Waals surface area contributed by atoms with E-state index >= 15 is 0 Å². The van der Waals surface area contributed by atoms with Crippen LogP contribution in [0.5, 0.6) is 0 Å². The molecule has 7 nitrogen and oxygen atoms in total. The number of ether oxygens (including phenoxy) is 2. The van der Waals surface area contributed by atoms with Crippen molar-refractivity contribution in [3.8, 4) is 11.3 Å². The van der Waals surface area contributed by atoms with Gasteiger partial charge in [0, 0.05) is 37.7 Å². The molecule has 1 aromatic carbocycles. The van der Waals surface area contributed by atoms with Gasteiger partial charge >= 0.3 is 5.97 Å². The number of piperidine rings is 1. The second kappa shape index (κ2) is 9.18. The zero-order valence-corrected chi connectivity index (χ0v) is 17.6. The van der Waals surface area contributed by atoms with Crippen LogP contribution in [0.25, 0.3) is 11.3 Å². The van der Waals surface area contributed by atoms with Gasteiger partial charge in [0.2, 0.25) is 0 Å². The minimum absolute atomic E-state index is 0.0736. The molecule has 2 aromatic rings. The van der Waals surface area contributed by atoms with Gasteiger partial charge in [-0.05, 0) is 44.7 Å². The number of carbonyl (C=O) groups excluding carboxylic acids is 2. The standard InChI is InChI=1S/C23H27FN2O5/c1-2-29-22(28)23(10-6-11-26(15-23)21(27)20-9-5-12-30-20)14-16-13-19(25-31-16)17-7-3-4-8-18(17)24/h3-4,7-8,13,20H,2,5-6,9-12,14-15H2,1H3/t20-,23+/m0/s1. The minimum atomic E-state index is -0.936. The van der Waals surface area contributed by atoms with Gasteiger partial charge in [0.15, 0.2) is 0 Å². The summed E-state index contributed by atoms with van der Waals surface area (Å²) in [4.78, 5) is 27.7. The molecule has 2 fully saturated rings. The van der Waals surface area contributed by atoms with Crippen LogP contribution in [0.4, 0.5) is 4.39 Å². The summed E-state index contributed by atoms with van der Waals surface area (Å²) in [5.41, 5.74) is -0.231. The molecule has 1 amide bonds. The number of amides is 1. The molecule has 31 heavy (non-hydrogen) atoms. The van der Waals surface area contributed by atoms with Crippen LogP contribution in [0.15, 0.2) is 34.9 Å². The average Bonchev–Trinajstić information content (AvgIpc) is 3.46. The second-order valence-corrected chi connectivity index (χ2v) is 8.20. The predicted molar refractivity (Wildman–Crippen MR) is 109 cm³/mol. The lowest BCUT2D eigenvalue weighted by molar-refractivity contribution is -0.162. The summed E-state index contributed by atoms with van der Waals surface area (Å²) in [7, 11) is 0. The molecule has 0 radical (unpaired) electrons. The largest absolute Gasteiger partial charge is 0.466 e. The van der Waals surface area contributed by atoms with Gasteiger partial charge in [-0.1, -0.05) is 17.3 Å². The Morgan fingerprint density at radius 1 is 1.32 bits per heavy atom. The van der Waals surface area contributed by atoms with E-state index in [9.17, 15) is 14.0 Å². The first kappa shape index (κ1) is 21.5. The summed E-state index contributed by atoms with van der Waals surface area (Å²) in [6.45, 7) is 3.41. The van der Waals surface area contributed by atoms with Crippen molar-refractivity contribution in [2.75, 3.05) is 26.3 Å². The highest BCUT2D eigenvalue weighted by Crippen LogP contribution is 2.37. The van der Waals surface area contributed by atoms with Crippen LogP contribution in [0.2, 0.25) is 0 Å². The molecule has 0 N–H and O–H groups in total. The Bertz CT molecular complexity index is 940. The number of carbonyl (C=O) groups is 2. The Kier molecular flexibility index (Phi) is 6.36. The Morgan fingerprint density at radius 3 is 2.90 bits per heavy atom. The topological polar surface area (TPSA) is 81.9 Å². The summed E-state index contributed by atoms with van der Waals surface area (Å²) in [5.74, 6) is -0.370. The van der Waals surface area contributed by atoms with E-state index in [4.69, 9.17) is 14.0 Å². The van der Waals surface area contributed by atoms with E-state index in [0.29, 0.717) is 49.4 Å². The predicted octanol–water partition coefficient (Wildman–Crippen LogP) is 3.37. The van der Waals surface area contributed by atoms with Crippen LogP contribution in [-0.4, -0.2) is 54.3 Å². The Balaban J connectivity index is 1.57. The highest BCUT2D eigenvalue weighted by atomic mass is 19.1. The van der Waals surface area contributed by atoms with Gasteiger partial charge < -0.3 is 18.9 Å². The first-order valence-electron chi connectivity index (χ1n) is 10.8. The lowest BCUT2D eigenvalue weighted by atomic mass is 9.76. The molecule has 0 bridgehead atoms. The van der Waals surface area contributed by atoms with Gasteiger partial charge in [-0.3, -0.25) is 9.59 Å². The maximum Gasteiger partial charge on any atom is 0.314 e. The lowest BCUT2D eigenvalue weighted by Crippen LogP contribution is -2.53. The van der Waals surface area contributed by atoms with Crippen LogP contribution in [-0.2, 0) is 25.5 Å². The minimum Gasteiger partial charge on any atom is -0.466 e. The first-order valence-corrected chi connectivity index (χ1v) is 10.8. The third kappa shape index (κ3) is 4.49. The number of nitrogens with zero attached hydrogens (tertiary/aromatic N) is 2. The molecule has 3 heterocycles. The molecule has 2 atom stereocenters. The summed E-state index contributed by atoms with van der Waals surface area (Å²) < 4.78 is 30.5. The SMILES string of the molecule is CCOC(=O)[C@@]1(Cc2cc(-c3ccccc3F)no2)CCCN(C(=O)[C@@H]2CCCO2)C1. The quantitative estimate of drug-likeness (QED) is 0.654. The zero-order chi connectivity index (χ0) is 21.8. The van der Waals surface area contributed by atoms with Gasteiger partial charge in [0.05, 0.1) is 12.0 Å². The number of hydrogen-bond donors (Lipinski definition) is 0.